The number of hydrogen-bond donors (Lipinski definition) is 4. The van der Waals surface area contributed by atoms with Gasteiger partial charge in [-0.1, -0.05) is 63.2 Å². The Kier molecular flexibility index (Phi) is 8.28. The fraction of sp³-hybridized carbons (Fsp3) is 0.500. The van der Waals surface area contributed by atoms with Crippen LogP contribution >= 0.6 is 0 Å². The van der Waals surface area contributed by atoms with E-state index < -0.39 is 29.5 Å². The number of amides is 3. The van der Waals surface area contributed by atoms with Gasteiger partial charge in [0.2, 0.25) is 17.7 Å². The molecule has 0 aromatic heterocycles. The molecule has 2 aromatic rings. The maximum Gasteiger partial charge on any atom is 0.243 e. The van der Waals surface area contributed by atoms with Crippen LogP contribution in [0.1, 0.15) is 39.2 Å². The van der Waals surface area contributed by atoms with Gasteiger partial charge in [0.25, 0.3) is 0 Å². The first-order valence-corrected chi connectivity index (χ1v) is 11.8. The number of hydrogen-bond acceptors (Lipinski definition) is 5. The van der Waals surface area contributed by atoms with Crippen LogP contribution in [0.3, 0.4) is 0 Å². The molecule has 0 saturated carbocycles. The number of aliphatic hydroxyl groups excluding tert-OH is 1. The molecule has 3 atom stereocenters. The van der Waals surface area contributed by atoms with Crippen LogP contribution in [0.25, 0.3) is 10.8 Å². The number of fused-ring (bicyclic) bond motifs is 1. The summed E-state index contributed by atoms with van der Waals surface area (Å²) in [6, 6.07) is 12.4. The molecule has 0 aliphatic carbocycles. The number of carbonyl (C=O) groups excluding carboxylic acids is 3. The van der Waals surface area contributed by atoms with E-state index in [1.54, 1.807) is 4.90 Å². The lowest BCUT2D eigenvalue weighted by atomic mass is 9.94. The van der Waals surface area contributed by atoms with Crippen LogP contribution in [-0.4, -0.2) is 65.5 Å². The van der Waals surface area contributed by atoms with Gasteiger partial charge < -0.3 is 26.4 Å². The molecule has 1 heterocycles. The van der Waals surface area contributed by atoms with Crippen molar-refractivity contribution < 1.29 is 19.5 Å². The van der Waals surface area contributed by atoms with Crippen LogP contribution in [0.4, 0.5) is 0 Å². The second-order valence-electron chi connectivity index (χ2n) is 9.99. The number of aliphatic hydroxyl groups is 1. The number of rotatable bonds is 8. The molecule has 8 heteroatoms. The molecular formula is C26H36N4O4. The molecule has 1 aliphatic heterocycles. The van der Waals surface area contributed by atoms with E-state index in [9.17, 15) is 19.5 Å². The summed E-state index contributed by atoms with van der Waals surface area (Å²) in [5.41, 5.74) is 5.75. The van der Waals surface area contributed by atoms with Crippen molar-refractivity contribution >= 4 is 28.5 Å². The minimum Gasteiger partial charge on any atom is -0.390 e. The average molecular weight is 469 g/mol. The standard InChI is InChI=1S/C26H36N4O4/c1-26(2,3)25(34)30-12-6-9-22(30)24(33)29-21(23(32)28-16-20(31)15-27)14-17-10-11-18-7-4-5-8-19(18)13-17/h4-5,7-8,10-11,13,20-22,31H,6,9,12,14-16,27H2,1-3H3,(H,28,32)(H,29,33)/t20?,21-,22+/m1/s1. The maximum atomic E-state index is 13.2. The highest BCUT2D eigenvalue weighted by Gasteiger charge is 2.39. The molecule has 3 amide bonds. The van der Waals surface area contributed by atoms with E-state index in [-0.39, 0.29) is 31.3 Å². The van der Waals surface area contributed by atoms with Gasteiger partial charge in [0.15, 0.2) is 0 Å². The molecule has 1 aliphatic rings. The SMILES string of the molecule is CC(C)(C)C(=O)N1CCC[C@H]1C(=O)N[C@H](Cc1ccc2ccccc2c1)C(=O)NCC(O)CN. The highest BCUT2D eigenvalue weighted by Crippen LogP contribution is 2.26. The van der Waals surface area contributed by atoms with Gasteiger partial charge in [-0.25, -0.2) is 0 Å². The number of nitrogens with one attached hydrogen (secondary N) is 2. The minimum absolute atomic E-state index is 0.00249. The molecule has 1 fully saturated rings. The highest BCUT2D eigenvalue weighted by molar-refractivity contribution is 5.93. The number of likely N-dealkylation sites (tertiary alicyclic amines) is 1. The van der Waals surface area contributed by atoms with Crippen LogP contribution in [0.2, 0.25) is 0 Å². The molecule has 1 saturated heterocycles. The van der Waals surface area contributed by atoms with Crippen LogP contribution in [0.5, 0.6) is 0 Å². The molecule has 8 nitrogen and oxygen atoms in total. The zero-order chi connectivity index (χ0) is 24.9. The Morgan fingerprint density at radius 3 is 2.53 bits per heavy atom. The average Bonchev–Trinajstić information content (AvgIpc) is 3.30. The third-order valence-electron chi connectivity index (χ3n) is 6.13. The van der Waals surface area contributed by atoms with Gasteiger partial charge >= 0.3 is 0 Å². The largest absolute Gasteiger partial charge is 0.390 e. The van der Waals surface area contributed by atoms with E-state index in [1.165, 1.54) is 0 Å². The van der Waals surface area contributed by atoms with Crippen LogP contribution in [-0.2, 0) is 20.8 Å². The first kappa shape index (κ1) is 25.6. The summed E-state index contributed by atoms with van der Waals surface area (Å²) < 4.78 is 0. The summed E-state index contributed by atoms with van der Waals surface area (Å²) in [6.45, 7) is 6.05. The summed E-state index contributed by atoms with van der Waals surface area (Å²) in [5.74, 6) is -0.817. The minimum atomic E-state index is -0.865. The Morgan fingerprint density at radius 2 is 1.85 bits per heavy atom. The Hall–Kier alpha value is -2.97. The normalized spacial score (nSPS) is 17.9. The molecule has 0 spiro atoms. The summed E-state index contributed by atoms with van der Waals surface area (Å²) in [5, 5.41) is 17.4. The number of carbonyl (C=O) groups is 3. The Labute approximate surface area is 200 Å². The summed E-state index contributed by atoms with van der Waals surface area (Å²) in [6.07, 6.45) is 0.713. The monoisotopic (exact) mass is 468 g/mol. The van der Waals surface area contributed by atoms with E-state index in [0.29, 0.717) is 13.0 Å². The molecule has 3 rings (SSSR count). The molecular weight excluding hydrogens is 432 g/mol. The van der Waals surface area contributed by atoms with E-state index in [0.717, 1.165) is 22.8 Å². The Morgan fingerprint density at radius 1 is 1.15 bits per heavy atom. The van der Waals surface area contributed by atoms with Gasteiger partial charge in [0.05, 0.1) is 6.10 Å². The van der Waals surface area contributed by atoms with Gasteiger partial charge in [-0.05, 0) is 29.2 Å². The predicted molar refractivity (Wildman–Crippen MR) is 132 cm³/mol. The smallest absolute Gasteiger partial charge is 0.243 e. The lowest BCUT2D eigenvalue weighted by molar-refractivity contribution is -0.145. The molecule has 0 bridgehead atoms. The second-order valence-corrected chi connectivity index (χ2v) is 9.99. The molecule has 5 N–H and O–H groups in total. The van der Waals surface area contributed by atoms with Crippen molar-refractivity contribution in [3.63, 3.8) is 0 Å². The van der Waals surface area contributed by atoms with E-state index >= 15 is 0 Å². The van der Waals surface area contributed by atoms with Crippen LogP contribution in [0.15, 0.2) is 42.5 Å². The van der Waals surface area contributed by atoms with Gasteiger partial charge in [-0.3, -0.25) is 14.4 Å². The molecule has 1 unspecified atom stereocenters. The fourth-order valence-electron chi connectivity index (χ4n) is 4.22. The van der Waals surface area contributed by atoms with Gasteiger partial charge in [0, 0.05) is 31.5 Å². The van der Waals surface area contributed by atoms with Gasteiger partial charge in [-0.2, -0.15) is 0 Å². The van der Waals surface area contributed by atoms with Crippen molar-refractivity contribution in [2.75, 3.05) is 19.6 Å². The van der Waals surface area contributed by atoms with Crippen molar-refractivity contribution in [2.45, 2.75) is 58.2 Å². The van der Waals surface area contributed by atoms with Crippen molar-refractivity contribution in [2.24, 2.45) is 11.1 Å². The zero-order valence-corrected chi connectivity index (χ0v) is 20.2. The lowest BCUT2D eigenvalue weighted by Crippen LogP contribution is -2.55. The summed E-state index contributed by atoms with van der Waals surface area (Å²) in [7, 11) is 0. The Bertz CT molecular complexity index is 1030. The molecule has 34 heavy (non-hydrogen) atoms. The zero-order valence-electron chi connectivity index (χ0n) is 20.2. The molecule has 2 aromatic carbocycles. The maximum absolute atomic E-state index is 13.2. The van der Waals surface area contributed by atoms with Crippen molar-refractivity contribution in [1.82, 2.24) is 15.5 Å². The molecule has 184 valence electrons. The molecule has 0 radical (unpaired) electrons. The fourth-order valence-corrected chi connectivity index (χ4v) is 4.22. The number of nitrogens with zero attached hydrogens (tertiary/aromatic N) is 1. The Balaban J connectivity index is 1.78. The van der Waals surface area contributed by atoms with Crippen LogP contribution < -0.4 is 16.4 Å². The third-order valence-corrected chi connectivity index (χ3v) is 6.13. The second kappa shape index (κ2) is 11.0. The topological polar surface area (TPSA) is 125 Å². The van der Waals surface area contributed by atoms with Crippen LogP contribution in [0, 0.1) is 5.41 Å². The number of nitrogens with two attached hydrogens (primary N) is 1. The first-order chi connectivity index (χ1) is 16.1. The lowest BCUT2D eigenvalue weighted by Gasteiger charge is -2.31. The highest BCUT2D eigenvalue weighted by atomic mass is 16.3. The van der Waals surface area contributed by atoms with E-state index in [2.05, 4.69) is 10.6 Å². The van der Waals surface area contributed by atoms with Crippen molar-refractivity contribution in [3.8, 4) is 0 Å². The quantitative estimate of drug-likeness (QED) is 0.465. The van der Waals surface area contributed by atoms with Gasteiger partial charge in [-0.15, -0.1) is 0 Å². The third kappa shape index (κ3) is 6.33. The van der Waals surface area contributed by atoms with Crippen molar-refractivity contribution in [3.05, 3.63) is 48.0 Å². The summed E-state index contributed by atoms with van der Waals surface area (Å²) >= 11 is 0. The predicted octanol–water partition coefficient (Wildman–Crippen LogP) is 1.34. The van der Waals surface area contributed by atoms with E-state index in [1.807, 2.05) is 63.2 Å². The van der Waals surface area contributed by atoms with Gasteiger partial charge in [0.1, 0.15) is 12.1 Å². The van der Waals surface area contributed by atoms with Crippen molar-refractivity contribution in [1.29, 1.82) is 0 Å². The first-order valence-electron chi connectivity index (χ1n) is 11.8. The van der Waals surface area contributed by atoms with E-state index in [4.69, 9.17) is 5.73 Å². The number of benzene rings is 2. The summed E-state index contributed by atoms with van der Waals surface area (Å²) in [4.78, 5) is 40.7.